The Bertz CT molecular complexity index is 1010. The van der Waals surface area contributed by atoms with E-state index in [4.69, 9.17) is 14.2 Å². The number of hydrogen-bond donors (Lipinski definition) is 0. The van der Waals surface area contributed by atoms with E-state index in [2.05, 4.69) is 20.8 Å². The Morgan fingerprint density at radius 3 is 0.588 bits per heavy atom. The molecule has 0 saturated heterocycles. The topological polar surface area (TPSA) is 78.9 Å². The van der Waals surface area contributed by atoms with Gasteiger partial charge in [0.05, 0.1) is 0 Å². The third-order valence-electron chi connectivity index (χ3n) is 14.4. The highest BCUT2D eigenvalue weighted by molar-refractivity contribution is 5.71. The second kappa shape index (κ2) is 58.0. The van der Waals surface area contributed by atoms with Crippen molar-refractivity contribution in [3.05, 3.63) is 0 Å². The third-order valence-corrected chi connectivity index (χ3v) is 14.4. The summed E-state index contributed by atoms with van der Waals surface area (Å²) < 4.78 is 16.8. The van der Waals surface area contributed by atoms with E-state index in [1.165, 1.54) is 263 Å². The Morgan fingerprint density at radius 2 is 0.397 bits per heavy atom. The fourth-order valence-electron chi connectivity index (χ4n) is 9.68. The molecule has 404 valence electrons. The van der Waals surface area contributed by atoms with Crippen molar-refractivity contribution in [3.8, 4) is 0 Å². The predicted molar refractivity (Wildman–Crippen MR) is 294 cm³/mol. The minimum absolute atomic E-state index is 0.0618. The van der Waals surface area contributed by atoms with Gasteiger partial charge in [-0.05, 0) is 19.3 Å². The molecule has 0 aromatic heterocycles. The molecule has 0 saturated carbocycles. The van der Waals surface area contributed by atoms with Gasteiger partial charge in [-0.2, -0.15) is 0 Å². The van der Waals surface area contributed by atoms with Gasteiger partial charge >= 0.3 is 17.9 Å². The monoisotopic (exact) mass is 961 g/mol. The zero-order valence-corrected chi connectivity index (χ0v) is 46.4. The van der Waals surface area contributed by atoms with Gasteiger partial charge in [0.1, 0.15) is 13.2 Å². The first-order valence-electron chi connectivity index (χ1n) is 31.0. The summed E-state index contributed by atoms with van der Waals surface area (Å²) in [6.45, 7) is 6.67. The van der Waals surface area contributed by atoms with Gasteiger partial charge in [0.15, 0.2) is 6.10 Å². The normalized spacial score (nSPS) is 11.9. The molecule has 0 aromatic carbocycles. The SMILES string of the molecule is CCCCCCCCCCCCCCCCCCCCCCCCCCCCCCCCC(=O)OCC(COC(=O)CCCCCCCCCCC)OC(=O)CCCCCCCCCCCCC. The molecule has 0 aliphatic carbocycles. The van der Waals surface area contributed by atoms with E-state index in [1.54, 1.807) is 0 Å². The van der Waals surface area contributed by atoms with Gasteiger partial charge in [-0.1, -0.05) is 323 Å². The molecule has 0 rings (SSSR count). The Kier molecular flexibility index (Phi) is 56.6. The summed E-state index contributed by atoms with van der Waals surface area (Å²) in [7, 11) is 0. The van der Waals surface area contributed by atoms with Crippen LogP contribution in [0, 0.1) is 0 Å². The maximum atomic E-state index is 12.8. The van der Waals surface area contributed by atoms with Crippen LogP contribution >= 0.6 is 0 Å². The molecule has 0 amide bonds. The zero-order chi connectivity index (χ0) is 49.3. The fourth-order valence-corrected chi connectivity index (χ4v) is 9.68. The van der Waals surface area contributed by atoms with Crippen molar-refractivity contribution in [2.75, 3.05) is 13.2 Å². The quantitative estimate of drug-likeness (QED) is 0.0343. The molecule has 0 spiro atoms. The molecule has 0 radical (unpaired) electrons. The lowest BCUT2D eigenvalue weighted by atomic mass is 10.0. The summed E-state index contributed by atoms with van der Waals surface area (Å²) in [5.74, 6) is -0.840. The van der Waals surface area contributed by atoms with E-state index in [0.29, 0.717) is 19.3 Å². The standard InChI is InChI=1S/C62H120O6/c1-4-7-10-13-16-19-21-22-23-24-25-26-27-28-29-30-31-32-33-34-35-36-37-38-39-41-43-46-49-52-55-61(64)67-58-59(57-66-60(63)54-51-48-45-42-18-15-12-9-6-3)68-62(65)56-53-50-47-44-40-20-17-14-11-8-5-2/h59H,4-58H2,1-3H3. The van der Waals surface area contributed by atoms with Crippen LogP contribution in [0.25, 0.3) is 0 Å². The molecule has 1 atom stereocenters. The first kappa shape index (κ1) is 66.4. The minimum Gasteiger partial charge on any atom is -0.462 e. The van der Waals surface area contributed by atoms with Gasteiger partial charge < -0.3 is 14.2 Å². The first-order valence-corrected chi connectivity index (χ1v) is 31.0. The molecule has 1 unspecified atom stereocenters. The van der Waals surface area contributed by atoms with Crippen molar-refractivity contribution in [3.63, 3.8) is 0 Å². The molecule has 0 fully saturated rings. The van der Waals surface area contributed by atoms with Crippen molar-refractivity contribution in [1.29, 1.82) is 0 Å². The number of unbranched alkanes of at least 4 members (excludes halogenated alkanes) is 47. The highest BCUT2D eigenvalue weighted by Gasteiger charge is 2.19. The lowest BCUT2D eigenvalue weighted by molar-refractivity contribution is -0.167. The summed E-state index contributed by atoms with van der Waals surface area (Å²) in [6.07, 6.45) is 65.7. The Balaban J connectivity index is 3.95. The van der Waals surface area contributed by atoms with Crippen molar-refractivity contribution >= 4 is 17.9 Å². The molecule has 0 heterocycles. The lowest BCUT2D eigenvalue weighted by Crippen LogP contribution is -2.30. The first-order chi connectivity index (χ1) is 33.5. The summed E-state index contributed by atoms with van der Waals surface area (Å²) in [5.41, 5.74) is 0. The Labute approximate surface area is 425 Å². The second-order valence-corrected chi connectivity index (χ2v) is 21.3. The van der Waals surface area contributed by atoms with Crippen molar-refractivity contribution in [2.45, 2.75) is 367 Å². The van der Waals surface area contributed by atoms with Gasteiger partial charge in [-0.25, -0.2) is 0 Å². The van der Waals surface area contributed by atoms with Crippen LogP contribution in [0.1, 0.15) is 361 Å². The van der Waals surface area contributed by atoms with Crippen LogP contribution in [0.5, 0.6) is 0 Å². The Morgan fingerprint density at radius 1 is 0.235 bits per heavy atom. The highest BCUT2D eigenvalue weighted by atomic mass is 16.6. The molecule has 6 heteroatoms. The van der Waals surface area contributed by atoms with Crippen LogP contribution in [-0.2, 0) is 28.6 Å². The number of carbonyl (C=O) groups excluding carboxylic acids is 3. The number of hydrogen-bond acceptors (Lipinski definition) is 6. The summed E-state index contributed by atoms with van der Waals surface area (Å²) >= 11 is 0. The molecule has 0 aliphatic rings. The van der Waals surface area contributed by atoms with Gasteiger partial charge in [-0.15, -0.1) is 0 Å². The fraction of sp³-hybridized carbons (Fsp3) is 0.952. The Hall–Kier alpha value is -1.59. The molecule has 6 nitrogen and oxygen atoms in total. The molecule has 0 bridgehead atoms. The van der Waals surface area contributed by atoms with E-state index < -0.39 is 6.10 Å². The third kappa shape index (κ3) is 55.3. The number of carbonyl (C=O) groups is 3. The average Bonchev–Trinajstić information content (AvgIpc) is 3.34. The van der Waals surface area contributed by atoms with Crippen LogP contribution in [0.4, 0.5) is 0 Å². The molecular weight excluding hydrogens is 841 g/mol. The van der Waals surface area contributed by atoms with Crippen LogP contribution in [0.3, 0.4) is 0 Å². The van der Waals surface area contributed by atoms with Crippen LogP contribution in [-0.4, -0.2) is 37.2 Å². The van der Waals surface area contributed by atoms with Crippen LogP contribution < -0.4 is 0 Å². The molecular formula is C62H120O6. The lowest BCUT2D eigenvalue weighted by Gasteiger charge is -2.18. The minimum atomic E-state index is -0.760. The predicted octanol–water partition coefficient (Wildman–Crippen LogP) is 20.7. The number of ether oxygens (including phenoxy) is 3. The highest BCUT2D eigenvalue weighted by Crippen LogP contribution is 2.18. The van der Waals surface area contributed by atoms with Crippen molar-refractivity contribution < 1.29 is 28.6 Å². The van der Waals surface area contributed by atoms with Crippen LogP contribution in [0.2, 0.25) is 0 Å². The summed E-state index contributed by atoms with van der Waals surface area (Å²) in [4.78, 5) is 38.0. The van der Waals surface area contributed by atoms with E-state index in [-0.39, 0.29) is 31.1 Å². The van der Waals surface area contributed by atoms with Gasteiger partial charge in [-0.3, -0.25) is 14.4 Å². The van der Waals surface area contributed by atoms with E-state index in [9.17, 15) is 14.4 Å². The number of esters is 3. The summed E-state index contributed by atoms with van der Waals surface area (Å²) in [5, 5.41) is 0. The maximum absolute atomic E-state index is 12.8. The van der Waals surface area contributed by atoms with Crippen molar-refractivity contribution in [1.82, 2.24) is 0 Å². The van der Waals surface area contributed by atoms with Gasteiger partial charge in [0, 0.05) is 19.3 Å². The largest absolute Gasteiger partial charge is 0.462 e. The molecule has 68 heavy (non-hydrogen) atoms. The van der Waals surface area contributed by atoms with Crippen molar-refractivity contribution in [2.24, 2.45) is 0 Å². The second-order valence-electron chi connectivity index (χ2n) is 21.3. The number of rotatable bonds is 58. The average molecular weight is 962 g/mol. The molecule has 0 aromatic rings. The summed E-state index contributed by atoms with van der Waals surface area (Å²) in [6, 6.07) is 0. The van der Waals surface area contributed by atoms with Gasteiger partial charge in [0.25, 0.3) is 0 Å². The molecule has 0 N–H and O–H groups in total. The molecule has 0 aliphatic heterocycles. The van der Waals surface area contributed by atoms with Gasteiger partial charge in [0.2, 0.25) is 0 Å². The van der Waals surface area contributed by atoms with E-state index in [0.717, 1.165) is 57.8 Å². The smallest absolute Gasteiger partial charge is 0.306 e. The van der Waals surface area contributed by atoms with Crippen LogP contribution in [0.15, 0.2) is 0 Å². The zero-order valence-electron chi connectivity index (χ0n) is 46.4. The van der Waals surface area contributed by atoms with E-state index in [1.807, 2.05) is 0 Å². The maximum Gasteiger partial charge on any atom is 0.306 e. The van der Waals surface area contributed by atoms with E-state index >= 15 is 0 Å².